The molecule has 4 nitrogen and oxygen atoms in total. The molecular formula is C24H27N3OS3Si. The van der Waals surface area contributed by atoms with E-state index in [0.717, 1.165) is 29.5 Å². The van der Waals surface area contributed by atoms with Crippen LogP contribution in [-0.2, 0) is 12.8 Å². The molecule has 0 aliphatic carbocycles. The number of nitrogens with zero attached hydrogens (tertiary/aromatic N) is 3. The lowest BCUT2D eigenvalue weighted by molar-refractivity contribution is 0.474. The Labute approximate surface area is 207 Å². The smallest absolute Gasteiger partial charge is 0.461 e. The number of unbranched alkanes of at least 4 members (excludes halogenated alkanes) is 3. The lowest BCUT2D eigenvalue weighted by Gasteiger charge is -2.14. The Morgan fingerprint density at radius 2 is 1.47 bits per heavy atom. The van der Waals surface area contributed by atoms with Crippen LogP contribution in [0.4, 0.5) is 0 Å². The molecule has 0 radical (unpaired) electrons. The first-order chi connectivity index (χ1) is 15.6. The molecule has 2 aromatic rings. The van der Waals surface area contributed by atoms with Crippen molar-refractivity contribution in [3.05, 3.63) is 53.6 Å². The van der Waals surface area contributed by atoms with Crippen molar-refractivity contribution < 1.29 is 5.11 Å². The summed E-state index contributed by atoms with van der Waals surface area (Å²) in [5.74, 6) is 0.241. The summed E-state index contributed by atoms with van der Waals surface area (Å²) in [6, 6.07) is 14.8. The van der Waals surface area contributed by atoms with Crippen LogP contribution in [0.2, 0.25) is 6.04 Å². The Kier molecular flexibility index (Phi) is 11.5. The molecule has 8 heteroatoms. The highest BCUT2D eigenvalue weighted by Crippen LogP contribution is 2.30. The number of aromatic hydroxyl groups is 1. The van der Waals surface area contributed by atoms with Gasteiger partial charge in [0.05, 0.1) is 15.5 Å². The van der Waals surface area contributed by atoms with Crippen molar-refractivity contribution in [2.45, 2.75) is 57.9 Å². The van der Waals surface area contributed by atoms with E-state index in [1.54, 1.807) is 6.07 Å². The van der Waals surface area contributed by atoms with E-state index in [9.17, 15) is 5.11 Å². The van der Waals surface area contributed by atoms with Crippen molar-refractivity contribution >= 4 is 60.7 Å². The molecule has 0 saturated heterocycles. The number of benzene rings is 2. The van der Waals surface area contributed by atoms with Gasteiger partial charge in [-0.2, -0.15) is 0 Å². The molecule has 32 heavy (non-hydrogen) atoms. The second-order valence-corrected chi connectivity index (χ2v) is 10.9. The largest absolute Gasteiger partial charge is 0.508 e. The average molecular weight is 498 g/mol. The van der Waals surface area contributed by atoms with Crippen LogP contribution in [0, 0.1) is 0 Å². The molecule has 0 saturated carbocycles. The summed E-state index contributed by atoms with van der Waals surface area (Å²) >= 11 is 14.3. The Balaban J connectivity index is 2.17. The van der Waals surface area contributed by atoms with Crippen molar-refractivity contribution in [1.82, 2.24) is 0 Å². The number of phenols is 1. The zero-order valence-electron chi connectivity index (χ0n) is 18.2. The van der Waals surface area contributed by atoms with Crippen LogP contribution >= 0.6 is 36.7 Å². The van der Waals surface area contributed by atoms with Crippen molar-refractivity contribution in [3.63, 3.8) is 0 Å². The molecule has 0 unspecified atom stereocenters. The van der Waals surface area contributed by atoms with Crippen LogP contribution in [-0.4, -0.2) is 29.1 Å². The molecule has 0 fully saturated rings. The minimum Gasteiger partial charge on any atom is -0.508 e. The molecule has 2 rings (SSSR count). The van der Waals surface area contributed by atoms with Gasteiger partial charge in [0.25, 0.3) is 0 Å². The van der Waals surface area contributed by atoms with Crippen molar-refractivity contribution in [2.75, 3.05) is 0 Å². The fourth-order valence-electron chi connectivity index (χ4n) is 3.65. The van der Waals surface area contributed by atoms with Crippen LogP contribution in [0.1, 0.15) is 50.2 Å². The maximum atomic E-state index is 10.1. The van der Waals surface area contributed by atoms with Crippen LogP contribution in [0.25, 0.3) is 11.1 Å². The third-order valence-electron chi connectivity index (χ3n) is 5.31. The molecule has 0 aliphatic heterocycles. The van der Waals surface area contributed by atoms with E-state index in [1.807, 2.05) is 12.1 Å². The number of hydrogen-bond acceptors (Lipinski definition) is 7. The topological polar surface area (TPSA) is 57.3 Å². The van der Waals surface area contributed by atoms with Gasteiger partial charge in [0.15, 0.2) is 0 Å². The van der Waals surface area contributed by atoms with E-state index in [-0.39, 0.29) is 5.75 Å². The Hall–Kier alpha value is -2.14. The van der Waals surface area contributed by atoms with Crippen LogP contribution < -0.4 is 0 Å². The normalized spacial score (nSPS) is 12.0. The zero-order chi connectivity index (χ0) is 23.2. The van der Waals surface area contributed by atoms with Gasteiger partial charge in [-0.3, -0.25) is 0 Å². The molecule has 0 bridgehead atoms. The molecule has 0 spiro atoms. The van der Waals surface area contributed by atoms with Crippen molar-refractivity contribution in [3.8, 4) is 16.9 Å². The fraction of sp³-hybridized carbons (Fsp3) is 0.375. The number of hydrogen-bond donors (Lipinski definition) is 1. The molecule has 0 heterocycles. The first-order valence-electron chi connectivity index (χ1n) is 10.8. The molecule has 166 valence electrons. The van der Waals surface area contributed by atoms with Gasteiger partial charge >= 0.3 is 8.56 Å². The number of thiocarbonyl (C=S) groups is 3. The summed E-state index contributed by atoms with van der Waals surface area (Å²) in [6.07, 6.45) is 7.58. The third-order valence-corrected chi connectivity index (χ3v) is 8.50. The van der Waals surface area contributed by atoms with Gasteiger partial charge in [-0.15, -0.1) is 0 Å². The van der Waals surface area contributed by atoms with E-state index < -0.39 is 8.56 Å². The highest BCUT2D eigenvalue weighted by Gasteiger charge is 2.33. The van der Waals surface area contributed by atoms with Gasteiger partial charge in [0.2, 0.25) is 0 Å². The van der Waals surface area contributed by atoms with Gasteiger partial charge in [0, 0.05) is 6.04 Å². The quantitative estimate of drug-likeness (QED) is 0.136. The summed E-state index contributed by atoms with van der Waals surface area (Å²) in [5, 5.41) is 17.2. The van der Waals surface area contributed by atoms with E-state index in [0.29, 0.717) is 12.5 Å². The van der Waals surface area contributed by atoms with E-state index >= 15 is 0 Å². The Morgan fingerprint density at radius 3 is 2.06 bits per heavy atom. The van der Waals surface area contributed by atoms with Gasteiger partial charge in [0.1, 0.15) is 5.75 Å². The van der Waals surface area contributed by atoms with Gasteiger partial charge in [-0.05, 0) is 96.7 Å². The molecule has 0 amide bonds. The number of isothiocyanates is 3. The molecule has 0 atom stereocenters. The van der Waals surface area contributed by atoms with Gasteiger partial charge in [-0.25, -0.2) is 14.0 Å². The predicted octanol–water partition coefficient (Wildman–Crippen LogP) is 7.36. The SMILES string of the molecule is CCCCCCc1ccc(-c2ccc(O)cc2CCC[Si](N=C=S)(N=C=S)N=C=S)cc1. The summed E-state index contributed by atoms with van der Waals surface area (Å²) in [6.45, 7) is 2.23. The van der Waals surface area contributed by atoms with Crippen LogP contribution in [0.5, 0.6) is 5.75 Å². The lowest BCUT2D eigenvalue weighted by atomic mass is 9.95. The minimum atomic E-state index is -2.92. The Bertz CT molecular complexity index is 993. The first kappa shape index (κ1) is 26.1. The number of phenolic OH excluding ortho intramolecular Hbond substituents is 1. The second-order valence-electron chi connectivity index (χ2n) is 7.59. The second kappa shape index (κ2) is 14.1. The van der Waals surface area contributed by atoms with Gasteiger partial charge < -0.3 is 5.11 Å². The van der Waals surface area contributed by atoms with Gasteiger partial charge in [-0.1, -0.05) is 56.5 Å². The monoisotopic (exact) mass is 497 g/mol. The van der Waals surface area contributed by atoms with Crippen molar-refractivity contribution in [1.29, 1.82) is 0 Å². The average Bonchev–Trinajstić information content (AvgIpc) is 2.78. The molecular weight excluding hydrogens is 471 g/mol. The lowest BCUT2D eigenvalue weighted by Crippen LogP contribution is -2.27. The van der Waals surface area contributed by atoms with E-state index in [4.69, 9.17) is 36.7 Å². The predicted molar refractivity (Wildman–Crippen MR) is 145 cm³/mol. The van der Waals surface area contributed by atoms with Crippen LogP contribution in [0.15, 0.2) is 56.4 Å². The minimum absolute atomic E-state index is 0.241. The Morgan fingerprint density at radius 1 is 0.812 bits per heavy atom. The number of aryl methyl sites for hydroxylation is 2. The fourth-order valence-corrected chi connectivity index (χ4v) is 6.54. The zero-order valence-corrected chi connectivity index (χ0v) is 21.7. The highest BCUT2D eigenvalue weighted by molar-refractivity contribution is 7.78. The molecule has 1 N–H and O–H groups in total. The third kappa shape index (κ3) is 8.08. The summed E-state index contributed by atoms with van der Waals surface area (Å²) < 4.78 is 12.5. The maximum absolute atomic E-state index is 10.1. The highest BCUT2D eigenvalue weighted by atomic mass is 32.1. The summed E-state index contributed by atoms with van der Waals surface area (Å²) in [7, 11) is -2.92. The first-order valence-corrected chi connectivity index (χ1v) is 14.0. The molecule has 0 aliphatic rings. The molecule has 2 aromatic carbocycles. The van der Waals surface area contributed by atoms with E-state index in [2.05, 4.69) is 60.6 Å². The number of rotatable bonds is 13. The van der Waals surface area contributed by atoms with Crippen molar-refractivity contribution in [2.24, 2.45) is 14.0 Å². The summed E-state index contributed by atoms with van der Waals surface area (Å²) in [4.78, 5) is 0. The standard InChI is InChI=1S/C24H27N3OS3Si/c1-2-3-4-5-7-20-9-11-21(12-10-20)24-14-13-23(28)16-22(24)8-6-15-32(25-17-29,26-18-30)27-19-31/h9-14,16,28H,2-8,15H2,1H3. The van der Waals surface area contributed by atoms with E-state index in [1.165, 1.54) is 31.2 Å². The maximum Gasteiger partial charge on any atom is 0.461 e. The summed E-state index contributed by atoms with van der Waals surface area (Å²) in [5.41, 5.74) is 4.64. The van der Waals surface area contributed by atoms with Crippen LogP contribution in [0.3, 0.4) is 0 Å². The molecule has 0 aromatic heterocycles.